The number of carbonyl (C=O) groups is 2. The molecule has 39 heavy (non-hydrogen) atoms. The zero-order valence-electron chi connectivity index (χ0n) is 22.1. The normalized spacial score (nSPS) is 21.6. The molecule has 1 saturated carbocycles. The van der Waals surface area contributed by atoms with Gasteiger partial charge in [0, 0.05) is 34.9 Å². The van der Waals surface area contributed by atoms with Gasteiger partial charge in [-0.2, -0.15) is 0 Å². The van der Waals surface area contributed by atoms with Crippen molar-refractivity contribution in [3.8, 4) is 5.75 Å². The fourth-order valence-electron chi connectivity index (χ4n) is 6.36. The van der Waals surface area contributed by atoms with Crippen molar-refractivity contribution in [1.82, 2.24) is 5.32 Å². The summed E-state index contributed by atoms with van der Waals surface area (Å²) < 4.78 is 17.4. The highest BCUT2D eigenvalue weighted by Crippen LogP contribution is 2.46. The van der Waals surface area contributed by atoms with Gasteiger partial charge < -0.3 is 19.2 Å². The minimum absolute atomic E-state index is 0.103. The molecule has 3 aliphatic rings. The van der Waals surface area contributed by atoms with Gasteiger partial charge in [0.15, 0.2) is 11.2 Å². The number of Topliss-reactive ketones (excluding diaryl/α,β-unsaturated/α-hetero) is 1. The number of allylic oxidation sites excluding steroid dienone is 3. The molecule has 7 heteroatoms. The second kappa shape index (κ2) is 10.2. The van der Waals surface area contributed by atoms with Crippen LogP contribution in [0.4, 0.5) is 0 Å². The van der Waals surface area contributed by atoms with Gasteiger partial charge >= 0.3 is 5.97 Å². The lowest BCUT2D eigenvalue weighted by Gasteiger charge is -2.36. The predicted molar refractivity (Wildman–Crippen MR) is 146 cm³/mol. The summed E-state index contributed by atoms with van der Waals surface area (Å²) >= 11 is 0. The van der Waals surface area contributed by atoms with Gasteiger partial charge in [0.1, 0.15) is 17.4 Å². The Hall–Kier alpha value is -4.13. The average molecular weight is 526 g/mol. The molecule has 0 unspecified atom stereocenters. The van der Waals surface area contributed by atoms with Crippen molar-refractivity contribution in [3.63, 3.8) is 0 Å². The van der Waals surface area contributed by atoms with Crippen LogP contribution in [0.15, 0.2) is 86.5 Å². The molecule has 1 aliphatic heterocycles. The third-order valence-corrected chi connectivity index (χ3v) is 8.22. The fraction of sp³-hybridized carbons (Fsp3) is 0.344. The Labute approximate surface area is 226 Å². The Morgan fingerprint density at radius 3 is 2.51 bits per heavy atom. The Morgan fingerprint density at radius 1 is 0.974 bits per heavy atom. The smallest absolute Gasteiger partial charge is 0.337 e. The number of benzene rings is 2. The molecule has 200 valence electrons. The van der Waals surface area contributed by atoms with Gasteiger partial charge in [0.2, 0.25) is 0 Å². The quantitative estimate of drug-likeness (QED) is 0.430. The minimum Gasteiger partial charge on any atom is -0.496 e. The Bertz CT molecular complexity index is 1590. The number of hydrogen-bond donors (Lipinski definition) is 1. The van der Waals surface area contributed by atoms with Crippen molar-refractivity contribution in [1.29, 1.82) is 0 Å². The number of rotatable bonds is 5. The number of nitrogens with one attached hydrogen (secondary N) is 1. The van der Waals surface area contributed by atoms with Crippen LogP contribution in [-0.2, 0) is 14.3 Å². The molecule has 1 aromatic heterocycles. The van der Waals surface area contributed by atoms with Crippen LogP contribution in [0.2, 0.25) is 0 Å². The van der Waals surface area contributed by atoms with Crippen LogP contribution in [0.25, 0.3) is 11.0 Å². The maximum absolute atomic E-state index is 13.9. The summed E-state index contributed by atoms with van der Waals surface area (Å²) in [6.45, 7) is 1.81. The maximum Gasteiger partial charge on any atom is 0.337 e. The molecule has 3 aromatic rings. The molecule has 1 fully saturated rings. The Kier molecular flexibility index (Phi) is 6.59. The van der Waals surface area contributed by atoms with Gasteiger partial charge in [-0.05, 0) is 62.8 Å². The molecule has 0 radical (unpaired) electrons. The largest absolute Gasteiger partial charge is 0.496 e. The van der Waals surface area contributed by atoms with E-state index in [1.54, 1.807) is 31.4 Å². The SMILES string of the molecule is COc1ccccc1[C@H]1CC(=O)C2=C(C1)NC(C)=C(C(=O)OC1CCCC1)[C@H]2c1coc2ccccc2c1=O. The lowest BCUT2D eigenvalue weighted by molar-refractivity contribution is -0.144. The number of dihydropyridines is 1. The number of ketones is 1. The third kappa shape index (κ3) is 4.46. The molecule has 0 spiro atoms. The van der Waals surface area contributed by atoms with Crippen LogP contribution in [0.5, 0.6) is 5.75 Å². The molecule has 0 amide bonds. The first-order chi connectivity index (χ1) is 19.0. The van der Waals surface area contributed by atoms with Crippen LogP contribution in [0, 0.1) is 0 Å². The summed E-state index contributed by atoms with van der Waals surface area (Å²) in [6, 6.07) is 14.7. The molecule has 2 aromatic carbocycles. The predicted octanol–water partition coefficient (Wildman–Crippen LogP) is 5.65. The van der Waals surface area contributed by atoms with E-state index in [-0.39, 0.29) is 35.2 Å². The summed E-state index contributed by atoms with van der Waals surface area (Å²) in [5, 5.41) is 3.77. The lowest BCUT2D eigenvalue weighted by Crippen LogP contribution is -2.38. The van der Waals surface area contributed by atoms with E-state index in [4.69, 9.17) is 13.9 Å². The molecule has 0 bridgehead atoms. The molecular formula is C32H31NO6. The fourth-order valence-corrected chi connectivity index (χ4v) is 6.36. The van der Waals surface area contributed by atoms with E-state index in [9.17, 15) is 14.4 Å². The summed E-state index contributed by atoms with van der Waals surface area (Å²) in [7, 11) is 1.62. The van der Waals surface area contributed by atoms with Crippen LogP contribution in [0.1, 0.15) is 68.4 Å². The van der Waals surface area contributed by atoms with Crippen LogP contribution >= 0.6 is 0 Å². The van der Waals surface area contributed by atoms with Crippen molar-refractivity contribution < 1.29 is 23.5 Å². The van der Waals surface area contributed by atoms with Gasteiger partial charge in [0.05, 0.1) is 30.3 Å². The number of carbonyl (C=O) groups excluding carboxylic acids is 2. The zero-order chi connectivity index (χ0) is 27.1. The van der Waals surface area contributed by atoms with Crippen molar-refractivity contribution >= 4 is 22.7 Å². The second-order valence-corrected chi connectivity index (χ2v) is 10.6. The first-order valence-corrected chi connectivity index (χ1v) is 13.5. The summed E-state index contributed by atoms with van der Waals surface area (Å²) in [5.74, 6) is -0.850. The van der Waals surface area contributed by atoms with E-state index in [0.717, 1.165) is 42.7 Å². The number of fused-ring (bicyclic) bond motifs is 1. The lowest BCUT2D eigenvalue weighted by atomic mass is 9.71. The van der Waals surface area contributed by atoms with E-state index >= 15 is 0 Å². The van der Waals surface area contributed by atoms with E-state index in [1.165, 1.54) is 6.26 Å². The number of methoxy groups -OCH3 is 1. The number of ether oxygens (including phenoxy) is 2. The van der Waals surface area contributed by atoms with Gasteiger partial charge in [-0.3, -0.25) is 9.59 Å². The van der Waals surface area contributed by atoms with Gasteiger partial charge in [-0.1, -0.05) is 30.3 Å². The number of esters is 1. The van der Waals surface area contributed by atoms with E-state index in [1.807, 2.05) is 31.2 Å². The first-order valence-electron chi connectivity index (χ1n) is 13.5. The molecular weight excluding hydrogens is 494 g/mol. The van der Waals surface area contributed by atoms with Crippen LogP contribution < -0.4 is 15.5 Å². The van der Waals surface area contributed by atoms with Crippen molar-refractivity contribution in [3.05, 3.63) is 98.7 Å². The monoisotopic (exact) mass is 525 g/mol. The van der Waals surface area contributed by atoms with Gasteiger partial charge in [-0.25, -0.2) is 4.79 Å². The van der Waals surface area contributed by atoms with E-state index < -0.39 is 11.9 Å². The number of hydrogen-bond acceptors (Lipinski definition) is 7. The summed E-state index contributed by atoms with van der Waals surface area (Å²) in [4.78, 5) is 41.4. The molecule has 6 rings (SSSR count). The Balaban J connectivity index is 1.47. The van der Waals surface area contributed by atoms with Gasteiger partial charge in [-0.15, -0.1) is 0 Å². The van der Waals surface area contributed by atoms with E-state index in [2.05, 4.69) is 5.32 Å². The van der Waals surface area contributed by atoms with Crippen LogP contribution in [-0.4, -0.2) is 25.0 Å². The van der Waals surface area contributed by atoms with Crippen molar-refractivity contribution in [2.45, 2.75) is 63.4 Å². The average Bonchev–Trinajstić information content (AvgIpc) is 3.45. The summed E-state index contributed by atoms with van der Waals surface area (Å²) in [6.07, 6.45) is 5.71. The number of para-hydroxylation sites is 2. The highest BCUT2D eigenvalue weighted by Gasteiger charge is 2.43. The van der Waals surface area contributed by atoms with Crippen LogP contribution in [0.3, 0.4) is 0 Å². The highest BCUT2D eigenvalue weighted by molar-refractivity contribution is 6.04. The molecule has 2 atom stereocenters. The maximum atomic E-state index is 13.9. The Morgan fingerprint density at radius 2 is 1.72 bits per heavy atom. The van der Waals surface area contributed by atoms with Gasteiger partial charge in [0.25, 0.3) is 0 Å². The molecule has 0 saturated heterocycles. The highest BCUT2D eigenvalue weighted by atomic mass is 16.5. The molecule has 1 N–H and O–H groups in total. The van der Waals surface area contributed by atoms with Crippen molar-refractivity contribution in [2.75, 3.05) is 7.11 Å². The molecule has 7 nitrogen and oxygen atoms in total. The third-order valence-electron chi connectivity index (χ3n) is 8.22. The molecule has 2 heterocycles. The zero-order valence-corrected chi connectivity index (χ0v) is 22.1. The summed E-state index contributed by atoms with van der Waals surface area (Å²) in [5.41, 5.74) is 3.46. The minimum atomic E-state index is -0.873. The van der Waals surface area contributed by atoms with E-state index in [0.29, 0.717) is 34.2 Å². The van der Waals surface area contributed by atoms with Crippen molar-refractivity contribution in [2.24, 2.45) is 0 Å². The topological polar surface area (TPSA) is 94.8 Å². The second-order valence-electron chi connectivity index (χ2n) is 10.6. The molecule has 2 aliphatic carbocycles. The standard InChI is InChI=1S/C32H31NO6/c1-18-28(32(36)39-20-9-3-4-10-20)29(23-17-38-27-14-8-6-12-22(27)31(23)35)30-24(33-18)15-19(16-25(30)34)21-11-5-7-13-26(21)37-2/h5-8,11-14,17,19-20,29,33H,3-4,9-10,15-16H2,1-2H3/t19-,29-/m1/s1. The first kappa shape index (κ1) is 25.2.